The highest BCUT2D eigenvalue weighted by Gasteiger charge is 2.30. The van der Waals surface area contributed by atoms with Crippen LogP contribution >= 0.6 is 12.4 Å². The van der Waals surface area contributed by atoms with Gasteiger partial charge in [-0.25, -0.2) is 0 Å². The van der Waals surface area contributed by atoms with Crippen LogP contribution in [0.4, 0.5) is 0 Å². The highest BCUT2D eigenvalue weighted by atomic mass is 35.5. The summed E-state index contributed by atoms with van der Waals surface area (Å²) in [5, 5.41) is 0. The fraction of sp³-hybridized carbons (Fsp3) is 0.529. The summed E-state index contributed by atoms with van der Waals surface area (Å²) in [6.07, 6.45) is 3.42. The van der Waals surface area contributed by atoms with Gasteiger partial charge in [-0.2, -0.15) is 0 Å². The predicted octanol–water partition coefficient (Wildman–Crippen LogP) is 2.00. The molecule has 1 aliphatic carbocycles. The van der Waals surface area contributed by atoms with Crippen LogP contribution in [-0.2, 0) is 9.59 Å². The van der Waals surface area contributed by atoms with Crippen LogP contribution in [0.25, 0.3) is 0 Å². The zero-order valence-electron chi connectivity index (χ0n) is 13.5. The molecule has 6 heteroatoms. The average Bonchev–Trinajstić information content (AvgIpc) is 2.90. The lowest BCUT2D eigenvalue weighted by molar-refractivity contribution is -0.138. The van der Waals surface area contributed by atoms with Crippen molar-refractivity contribution in [2.45, 2.75) is 44.7 Å². The lowest BCUT2D eigenvalue weighted by Gasteiger charge is -2.30. The number of primary amides is 1. The third-order valence-electron chi connectivity index (χ3n) is 4.55. The number of amides is 2. The van der Waals surface area contributed by atoms with Gasteiger partial charge in [0.2, 0.25) is 11.8 Å². The van der Waals surface area contributed by atoms with Crippen molar-refractivity contribution in [2.24, 2.45) is 17.4 Å². The van der Waals surface area contributed by atoms with Gasteiger partial charge in [0.05, 0.1) is 12.6 Å². The number of hydrogen-bond donors (Lipinski definition) is 2. The second kappa shape index (κ2) is 8.89. The monoisotopic (exact) mass is 339 g/mol. The van der Waals surface area contributed by atoms with Gasteiger partial charge in [0, 0.05) is 12.5 Å². The Balaban J connectivity index is 0.00000264. The van der Waals surface area contributed by atoms with Gasteiger partial charge in [-0.1, -0.05) is 36.8 Å². The maximum Gasteiger partial charge on any atom is 0.237 e. The molecule has 23 heavy (non-hydrogen) atoms. The highest BCUT2D eigenvalue weighted by Crippen LogP contribution is 2.29. The van der Waals surface area contributed by atoms with Crippen molar-refractivity contribution >= 4 is 24.2 Å². The number of halogens is 1. The molecule has 1 aromatic carbocycles. The van der Waals surface area contributed by atoms with Crippen molar-refractivity contribution in [3.63, 3.8) is 0 Å². The molecule has 0 heterocycles. The minimum atomic E-state index is -0.494. The van der Waals surface area contributed by atoms with E-state index in [4.69, 9.17) is 11.5 Å². The van der Waals surface area contributed by atoms with Crippen molar-refractivity contribution in [2.75, 3.05) is 6.54 Å². The van der Waals surface area contributed by atoms with E-state index in [0.29, 0.717) is 6.42 Å². The molecule has 0 saturated heterocycles. The van der Waals surface area contributed by atoms with Crippen LogP contribution in [0.15, 0.2) is 30.3 Å². The van der Waals surface area contributed by atoms with E-state index in [1.54, 1.807) is 4.90 Å². The van der Waals surface area contributed by atoms with E-state index in [0.717, 1.165) is 24.8 Å². The van der Waals surface area contributed by atoms with E-state index in [9.17, 15) is 9.59 Å². The molecular formula is C17H26ClN3O2. The second-order valence-electron chi connectivity index (χ2n) is 6.13. The zero-order valence-corrected chi connectivity index (χ0v) is 14.3. The molecule has 1 saturated carbocycles. The molecular weight excluding hydrogens is 314 g/mol. The number of benzene rings is 1. The van der Waals surface area contributed by atoms with Crippen molar-refractivity contribution < 1.29 is 9.59 Å². The predicted molar refractivity (Wildman–Crippen MR) is 92.9 cm³/mol. The minimum absolute atomic E-state index is 0. The molecule has 2 rings (SSSR count). The lowest BCUT2D eigenvalue weighted by atomic mass is 9.98. The number of carbonyl (C=O) groups is 2. The second-order valence-corrected chi connectivity index (χ2v) is 6.13. The fourth-order valence-corrected chi connectivity index (χ4v) is 3.18. The molecule has 2 amide bonds. The first-order valence-corrected chi connectivity index (χ1v) is 7.87. The Morgan fingerprint density at radius 2 is 1.91 bits per heavy atom. The summed E-state index contributed by atoms with van der Waals surface area (Å²) in [5.41, 5.74) is 12.4. The standard InChI is InChI=1S/C17H25N3O2.ClH/c1-12(13-6-3-2-4-7-13)20(11-16(19)21)17(22)10-14-8-5-9-15(14)18;/h2-4,6-7,12,14-15H,5,8-11,18H2,1H3,(H2,19,21);1H/t12-,14+,15-;/m1./s1. The van der Waals surface area contributed by atoms with E-state index in [-0.39, 0.29) is 42.9 Å². The molecule has 1 fully saturated rings. The van der Waals surface area contributed by atoms with Crippen molar-refractivity contribution in [1.82, 2.24) is 4.90 Å². The highest BCUT2D eigenvalue weighted by molar-refractivity contribution is 5.85. The molecule has 0 spiro atoms. The summed E-state index contributed by atoms with van der Waals surface area (Å²) in [7, 11) is 0. The van der Waals surface area contributed by atoms with Crippen LogP contribution in [0, 0.1) is 5.92 Å². The van der Waals surface area contributed by atoms with Gasteiger partial charge in [0.25, 0.3) is 0 Å². The van der Waals surface area contributed by atoms with Gasteiger partial charge in [0.15, 0.2) is 0 Å². The van der Waals surface area contributed by atoms with Crippen LogP contribution in [0.5, 0.6) is 0 Å². The quantitative estimate of drug-likeness (QED) is 0.830. The third-order valence-corrected chi connectivity index (χ3v) is 4.55. The molecule has 0 aliphatic heterocycles. The summed E-state index contributed by atoms with van der Waals surface area (Å²) >= 11 is 0. The van der Waals surface area contributed by atoms with Crippen molar-refractivity contribution in [1.29, 1.82) is 0 Å². The summed E-state index contributed by atoms with van der Waals surface area (Å²) in [6, 6.07) is 9.58. The Hall–Kier alpha value is -1.59. The molecule has 1 aliphatic rings. The van der Waals surface area contributed by atoms with Crippen LogP contribution in [0.2, 0.25) is 0 Å². The maximum atomic E-state index is 12.7. The number of hydrogen-bond acceptors (Lipinski definition) is 3. The van der Waals surface area contributed by atoms with E-state index < -0.39 is 5.91 Å². The van der Waals surface area contributed by atoms with Gasteiger partial charge in [-0.05, 0) is 31.2 Å². The number of nitrogens with zero attached hydrogens (tertiary/aromatic N) is 1. The summed E-state index contributed by atoms with van der Waals surface area (Å²) < 4.78 is 0. The molecule has 0 radical (unpaired) electrons. The van der Waals surface area contributed by atoms with Crippen LogP contribution < -0.4 is 11.5 Å². The average molecular weight is 340 g/mol. The largest absolute Gasteiger partial charge is 0.368 e. The van der Waals surface area contributed by atoms with Gasteiger partial charge in [0.1, 0.15) is 0 Å². The number of nitrogens with two attached hydrogens (primary N) is 2. The van der Waals surface area contributed by atoms with Crippen LogP contribution in [0.1, 0.15) is 44.2 Å². The Labute approximate surface area is 143 Å². The Morgan fingerprint density at radius 1 is 1.26 bits per heavy atom. The third kappa shape index (κ3) is 5.22. The zero-order chi connectivity index (χ0) is 16.1. The molecule has 128 valence electrons. The van der Waals surface area contributed by atoms with Crippen LogP contribution in [-0.4, -0.2) is 29.3 Å². The Morgan fingerprint density at radius 3 is 2.43 bits per heavy atom. The lowest BCUT2D eigenvalue weighted by Crippen LogP contribution is -2.41. The van der Waals surface area contributed by atoms with E-state index in [1.165, 1.54) is 0 Å². The fourth-order valence-electron chi connectivity index (χ4n) is 3.18. The molecule has 5 nitrogen and oxygen atoms in total. The normalized spacial score (nSPS) is 21.3. The first-order chi connectivity index (χ1) is 10.5. The van der Waals surface area contributed by atoms with E-state index >= 15 is 0 Å². The maximum absolute atomic E-state index is 12.7. The SMILES string of the molecule is C[C@H](c1ccccc1)N(CC(N)=O)C(=O)C[C@@H]1CCC[C@H]1N.Cl. The molecule has 4 N–H and O–H groups in total. The summed E-state index contributed by atoms with van der Waals surface area (Å²) in [6.45, 7) is 1.86. The van der Waals surface area contributed by atoms with Crippen molar-refractivity contribution in [3.05, 3.63) is 35.9 Å². The molecule has 3 atom stereocenters. The number of rotatable bonds is 6. The molecule has 0 unspecified atom stereocenters. The Bertz CT molecular complexity index is 524. The van der Waals surface area contributed by atoms with E-state index in [1.807, 2.05) is 37.3 Å². The van der Waals surface area contributed by atoms with Gasteiger partial charge < -0.3 is 16.4 Å². The van der Waals surface area contributed by atoms with Gasteiger partial charge in [-0.3, -0.25) is 9.59 Å². The smallest absolute Gasteiger partial charge is 0.237 e. The van der Waals surface area contributed by atoms with Gasteiger partial charge >= 0.3 is 0 Å². The summed E-state index contributed by atoms with van der Waals surface area (Å²) in [4.78, 5) is 25.6. The van der Waals surface area contributed by atoms with Crippen molar-refractivity contribution in [3.8, 4) is 0 Å². The first kappa shape index (κ1) is 19.5. The Kier molecular flexibility index (Phi) is 7.52. The molecule has 1 aromatic rings. The van der Waals surface area contributed by atoms with Gasteiger partial charge in [-0.15, -0.1) is 12.4 Å². The molecule has 0 aromatic heterocycles. The molecule has 0 bridgehead atoms. The van der Waals surface area contributed by atoms with E-state index in [2.05, 4.69) is 0 Å². The summed E-state index contributed by atoms with van der Waals surface area (Å²) in [5.74, 6) is -0.324. The topological polar surface area (TPSA) is 89.4 Å². The first-order valence-electron chi connectivity index (χ1n) is 7.87. The van der Waals surface area contributed by atoms with Crippen LogP contribution in [0.3, 0.4) is 0 Å². The number of carbonyl (C=O) groups excluding carboxylic acids is 2. The minimum Gasteiger partial charge on any atom is -0.368 e.